The fourth-order valence-electron chi connectivity index (χ4n) is 2.66. The monoisotopic (exact) mass is 290 g/mol. The zero-order valence-electron chi connectivity index (χ0n) is 11.8. The lowest BCUT2D eigenvalue weighted by molar-refractivity contribution is -0.123. The summed E-state index contributed by atoms with van der Waals surface area (Å²) >= 11 is 0. The van der Waals surface area contributed by atoms with E-state index >= 15 is 0 Å². The summed E-state index contributed by atoms with van der Waals surface area (Å²) in [5.74, 6) is 0.527. The molecule has 1 fully saturated rings. The summed E-state index contributed by atoms with van der Waals surface area (Å²) in [4.78, 5) is 19.4. The molecule has 21 heavy (non-hydrogen) atoms. The first-order chi connectivity index (χ1) is 10.2. The van der Waals surface area contributed by atoms with Crippen LogP contribution in [0.4, 0.5) is 4.39 Å². The Morgan fingerprint density at radius 2 is 2.33 bits per heavy atom. The van der Waals surface area contributed by atoms with Gasteiger partial charge in [0.25, 0.3) is 0 Å². The molecule has 5 nitrogen and oxygen atoms in total. The van der Waals surface area contributed by atoms with Crippen molar-refractivity contribution in [1.29, 1.82) is 0 Å². The topological polar surface area (TPSA) is 69.8 Å². The standard InChI is InChI=1S/C15H19FN4O/c16-10-4-5-11-13(9-10)20-14(19-11)6-8-18-15(21)12-3-1-2-7-17-12/h4-5,9,12,17H,1-3,6-8H2,(H,18,21)(H,19,20)/t12-/m1/s1. The van der Waals surface area contributed by atoms with Crippen LogP contribution < -0.4 is 10.6 Å². The highest BCUT2D eigenvalue weighted by Gasteiger charge is 2.19. The van der Waals surface area contributed by atoms with Crippen LogP contribution in [0.15, 0.2) is 18.2 Å². The van der Waals surface area contributed by atoms with Crippen LogP contribution in [0.25, 0.3) is 11.0 Å². The molecule has 0 bridgehead atoms. The first-order valence-corrected chi connectivity index (χ1v) is 7.37. The number of benzene rings is 1. The molecule has 1 saturated heterocycles. The number of carbonyl (C=O) groups is 1. The summed E-state index contributed by atoms with van der Waals surface area (Å²) in [7, 11) is 0. The molecule has 0 radical (unpaired) electrons. The summed E-state index contributed by atoms with van der Waals surface area (Å²) in [6, 6.07) is 4.40. The molecule has 1 aromatic heterocycles. The molecule has 0 aliphatic carbocycles. The second-order valence-corrected chi connectivity index (χ2v) is 5.39. The molecule has 0 unspecified atom stereocenters. The van der Waals surface area contributed by atoms with E-state index < -0.39 is 0 Å². The van der Waals surface area contributed by atoms with Gasteiger partial charge in [-0.1, -0.05) is 6.42 Å². The number of amides is 1. The smallest absolute Gasteiger partial charge is 0.237 e. The maximum atomic E-state index is 13.1. The number of aromatic nitrogens is 2. The summed E-state index contributed by atoms with van der Waals surface area (Å²) in [6.45, 7) is 1.44. The van der Waals surface area contributed by atoms with E-state index in [1.807, 2.05) is 0 Å². The highest BCUT2D eigenvalue weighted by molar-refractivity contribution is 5.81. The molecule has 1 aliphatic rings. The van der Waals surface area contributed by atoms with E-state index in [0.717, 1.165) is 37.1 Å². The molecule has 0 saturated carbocycles. The number of rotatable bonds is 4. The molecule has 6 heteroatoms. The van der Waals surface area contributed by atoms with Crippen LogP contribution in [-0.4, -0.2) is 35.0 Å². The van der Waals surface area contributed by atoms with E-state index in [4.69, 9.17) is 0 Å². The number of nitrogens with zero attached hydrogens (tertiary/aromatic N) is 1. The Bertz CT molecular complexity index is 634. The van der Waals surface area contributed by atoms with Crippen molar-refractivity contribution < 1.29 is 9.18 Å². The largest absolute Gasteiger partial charge is 0.354 e. The van der Waals surface area contributed by atoms with E-state index in [9.17, 15) is 9.18 Å². The Kier molecular flexibility index (Phi) is 4.15. The van der Waals surface area contributed by atoms with Crippen molar-refractivity contribution in [3.63, 3.8) is 0 Å². The maximum Gasteiger partial charge on any atom is 0.237 e. The Balaban J connectivity index is 1.53. The minimum Gasteiger partial charge on any atom is -0.354 e. The second-order valence-electron chi connectivity index (χ2n) is 5.39. The fourth-order valence-corrected chi connectivity index (χ4v) is 2.66. The molecule has 0 spiro atoms. The SMILES string of the molecule is O=C(NCCc1nc2ccc(F)cc2[nH]1)[C@H]1CCCCN1. The lowest BCUT2D eigenvalue weighted by atomic mass is 10.0. The van der Waals surface area contributed by atoms with Crippen molar-refractivity contribution >= 4 is 16.9 Å². The third-order valence-electron chi connectivity index (χ3n) is 3.78. The molecule has 1 aromatic carbocycles. The average Bonchev–Trinajstić information content (AvgIpc) is 2.89. The fraction of sp³-hybridized carbons (Fsp3) is 0.467. The van der Waals surface area contributed by atoms with E-state index in [1.54, 1.807) is 6.07 Å². The van der Waals surface area contributed by atoms with Gasteiger partial charge in [-0.25, -0.2) is 9.37 Å². The van der Waals surface area contributed by atoms with E-state index in [-0.39, 0.29) is 17.8 Å². The third-order valence-corrected chi connectivity index (χ3v) is 3.78. The summed E-state index contributed by atoms with van der Waals surface area (Å²) in [5.41, 5.74) is 1.43. The van der Waals surface area contributed by atoms with Gasteiger partial charge in [0.2, 0.25) is 5.91 Å². The molecule has 2 heterocycles. The van der Waals surface area contributed by atoms with E-state index in [0.29, 0.717) is 18.5 Å². The van der Waals surface area contributed by atoms with Gasteiger partial charge in [0.15, 0.2) is 0 Å². The highest BCUT2D eigenvalue weighted by atomic mass is 19.1. The van der Waals surface area contributed by atoms with Gasteiger partial charge in [0, 0.05) is 13.0 Å². The molecule has 1 aliphatic heterocycles. The summed E-state index contributed by atoms with van der Waals surface area (Å²) in [6.07, 6.45) is 3.74. The van der Waals surface area contributed by atoms with Crippen LogP contribution in [0.3, 0.4) is 0 Å². The number of imidazole rings is 1. The van der Waals surface area contributed by atoms with Crippen LogP contribution >= 0.6 is 0 Å². The first kappa shape index (κ1) is 14.0. The molecular formula is C15H19FN4O. The quantitative estimate of drug-likeness (QED) is 0.799. The first-order valence-electron chi connectivity index (χ1n) is 7.37. The predicted molar refractivity (Wildman–Crippen MR) is 78.4 cm³/mol. The molecule has 3 N–H and O–H groups in total. The summed E-state index contributed by atoms with van der Waals surface area (Å²) in [5, 5.41) is 6.14. The van der Waals surface area contributed by atoms with Gasteiger partial charge < -0.3 is 15.6 Å². The number of piperidine rings is 1. The highest BCUT2D eigenvalue weighted by Crippen LogP contribution is 2.13. The summed E-state index contributed by atoms with van der Waals surface area (Å²) < 4.78 is 13.1. The van der Waals surface area contributed by atoms with Crippen molar-refractivity contribution in [3.05, 3.63) is 29.8 Å². The lowest BCUT2D eigenvalue weighted by Gasteiger charge is -2.22. The second kappa shape index (κ2) is 6.22. The van der Waals surface area contributed by atoms with Gasteiger partial charge in [0.05, 0.1) is 17.1 Å². The maximum absolute atomic E-state index is 13.1. The van der Waals surface area contributed by atoms with Crippen molar-refractivity contribution in [1.82, 2.24) is 20.6 Å². The Morgan fingerprint density at radius 1 is 1.43 bits per heavy atom. The van der Waals surface area contributed by atoms with Crippen molar-refractivity contribution in [3.8, 4) is 0 Å². The number of carbonyl (C=O) groups excluding carboxylic acids is 1. The minimum atomic E-state index is -0.283. The number of halogens is 1. The number of fused-ring (bicyclic) bond motifs is 1. The van der Waals surface area contributed by atoms with Crippen molar-refractivity contribution in [2.75, 3.05) is 13.1 Å². The van der Waals surface area contributed by atoms with Crippen molar-refractivity contribution in [2.24, 2.45) is 0 Å². The Labute approximate surface area is 122 Å². The molecule has 2 aromatic rings. The Hall–Kier alpha value is -1.95. The number of aromatic amines is 1. The van der Waals surface area contributed by atoms with Crippen LogP contribution in [0.5, 0.6) is 0 Å². The average molecular weight is 290 g/mol. The Morgan fingerprint density at radius 3 is 3.14 bits per heavy atom. The van der Waals surface area contributed by atoms with E-state index in [2.05, 4.69) is 20.6 Å². The molecule has 1 atom stereocenters. The van der Waals surface area contributed by atoms with Crippen LogP contribution in [-0.2, 0) is 11.2 Å². The van der Waals surface area contributed by atoms with E-state index in [1.165, 1.54) is 12.1 Å². The number of hydrogen-bond donors (Lipinski definition) is 3. The molecule has 1 amide bonds. The van der Waals surface area contributed by atoms with Gasteiger partial charge >= 0.3 is 0 Å². The van der Waals surface area contributed by atoms with Crippen molar-refractivity contribution in [2.45, 2.75) is 31.7 Å². The molecule has 3 rings (SSSR count). The zero-order valence-corrected chi connectivity index (χ0v) is 11.8. The number of H-pyrrole nitrogens is 1. The number of hydrogen-bond acceptors (Lipinski definition) is 3. The van der Waals surface area contributed by atoms with Gasteiger partial charge in [-0.2, -0.15) is 0 Å². The van der Waals surface area contributed by atoms with Gasteiger partial charge in [-0.05, 0) is 37.6 Å². The predicted octanol–water partition coefficient (Wildman–Crippen LogP) is 1.50. The minimum absolute atomic E-state index is 0.0526. The third kappa shape index (κ3) is 3.39. The van der Waals surface area contributed by atoms with Crippen LogP contribution in [0, 0.1) is 5.82 Å². The normalized spacial score (nSPS) is 18.8. The molecule has 112 valence electrons. The van der Waals surface area contributed by atoms with Crippen LogP contribution in [0.2, 0.25) is 0 Å². The van der Waals surface area contributed by atoms with Gasteiger partial charge in [-0.3, -0.25) is 4.79 Å². The van der Waals surface area contributed by atoms with Crippen LogP contribution in [0.1, 0.15) is 25.1 Å². The zero-order chi connectivity index (χ0) is 14.7. The number of nitrogens with one attached hydrogen (secondary N) is 3. The van der Waals surface area contributed by atoms with Gasteiger partial charge in [0.1, 0.15) is 11.6 Å². The molecular weight excluding hydrogens is 271 g/mol. The lowest BCUT2D eigenvalue weighted by Crippen LogP contribution is -2.47. The van der Waals surface area contributed by atoms with Gasteiger partial charge in [-0.15, -0.1) is 0 Å².